The van der Waals surface area contributed by atoms with Gasteiger partial charge in [-0.25, -0.2) is 0 Å². The van der Waals surface area contributed by atoms with Crippen LogP contribution in [0.25, 0.3) is 6.08 Å². The predicted molar refractivity (Wildman–Crippen MR) is 105 cm³/mol. The summed E-state index contributed by atoms with van der Waals surface area (Å²) in [5, 5.41) is 23.2. The fourth-order valence-corrected chi connectivity index (χ4v) is 4.42. The summed E-state index contributed by atoms with van der Waals surface area (Å²) in [6, 6.07) is 7.40. The molecule has 0 fully saturated rings. The van der Waals surface area contributed by atoms with Gasteiger partial charge in [0.1, 0.15) is 16.6 Å². The number of nitrogens with zero attached hydrogens (tertiary/aromatic N) is 2. The largest absolute Gasteiger partial charge is 0.365 e. The molecule has 1 heterocycles. The number of aryl methyl sites for hydroxylation is 1. The van der Waals surface area contributed by atoms with Gasteiger partial charge in [-0.1, -0.05) is 12.1 Å². The summed E-state index contributed by atoms with van der Waals surface area (Å²) in [6.07, 6.45) is 4.78. The number of anilines is 1. The number of rotatable bonds is 5. The van der Waals surface area contributed by atoms with E-state index in [1.54, 1.807) is 12.1 Å². The van der Waals surface area contributed by atoms with Crippen molar-refractivity contribution in [3.8, 4) is 6.07 Å². The number of hydrogen-bond donors (Lipinski definition) is 2. The summed E-state index contributed by atoms with van der Waals surface area (Å²) >= 11 is 1.30. The lowest BCUT2D eigenvalue weighted by atomic mass is 9.95. The van der Waals surface area contributed by atoms with E-state index in [2.05, 4.69) is 5.32 Å². The number of nitro groups is 1. The molecule has 1 aliphatic rings. The number of nitrogens with one attached hydrogen (secondary N) is 1. The van der Waals surface area contributed by atoms with Gasteiger partial charge in [0.15, 0.2) is 0 Å². The van der Waals surface area contributed by atoms with E-state index < -0.39 is 16.7 Å². The number of nitrogens with two attached hydrogens (primary N) is 1. The standard InChI is InChI=1S/C19H16N4O4S/c20-10-12(8-11-4-3-5-13(9-11)23(26)27)18(25)22-19-16(17(21)24)14-6-1-2-7-15(14)28-19/h3-5,8-9H,1-2,6-7H2,(H2,21,24)(H,22,25)/b12-8-. The molecule has 0 unspecified atom stereocenters. The maximum atomic E-state index is 12.6. The normalized spacial score (nSPS) is 13.3. The number of thiophene rings is 1. The highest BCUT2D eigenvalue weighted by atomic mass is 32.1. The minimum atomic E-state index is -0.699. The zero-order valence-corrected chi connectivity index (χ0v) is 15.5. The maximum Gasteiger partial charge on any atom is 0.270 e. The zero-order chi connectivity index (χ0) is 20.3. The van der Waals surface area contributed by atoms with Crippen LogP contribution in [-0.4, -0.2) is 16.7 Å². The van der Waals surface area contributed by atoms with Crippen LogP contribution in [0.5, 0.6) is 0 Å². The molecular formula is C19H16N4O4S. The summed E-state index contributed by atoms with van der Waals surface area (Å²) < 4.78 is 0. The first-order valence-electron chi connectivity index (χ1n) is 8.52. The van der Waals surface area contributed by atoms with E-state index in [1.807, 2.05) is 0 Å². The molecule has 3 N–H and O–H groups in total. The number of nitro benzene ring substituents is 1. The van der Waals surface area contributed by atoms with E-state index >= 15 is 0 Å². The lowest BCUT2D eigenvalue weighted by molar-refractivity contribution is -0.384. The van der Waals surface area contributed by atoms with E-state index in [1.165, 1.54) is 35.6 Å². The van der Waals surface area contributed by atoms with Gasteiger partial charge in [0, 0.05) is 17.0 Å². The van der Waals surface area contributed by atoms with Crippen LogP contribution in [0.15, 0.2) is 29.8 Å². The molecule has 2 amide bonds. The van der Waals surface area contributed by atoms with Crippen molar-refractivity contribution in [1.29, 1.82) is 5.26 Å². The number of fused-ring (bicyclic) bond motifs is 1. The Balaban J connectivity index is 1.90. The van der Waals surface area contributed by atoms with E-state index in [-0.39, 0.29) is 11.3 Å². The molecule has 0 atom stereocenters. The van der Waals surface area contributed by atoms with Crippen LogP contribution in [0.3, 0.4) is 0 Å². The first-order chi connectivity index (χ1) is 13.4. The van der Waals surface area contributed by atoms with Crippen molar-refractivity contribution in [1.82, 2.24) is 0 Å². The molecule has 1 aliphatic carbocycles. The third-order valence-corrected chi connectivity index (χ3v) is 5.61. The number of amides is 2. The predicted octanol–water partition coefficient (Wildman–Crippen LogP) is 3.18. The average molecular weight is 396 g/mol. The molecule has 0 aliphatic heterocycles. The zero-order valence-electron chi connectivity index (χ0n) is 14.7. The summed E-state index contributed by atoms with van der Waals surface area (Å²) in [4.78, 5) is 35.8. The minimum Gasteiger partial charge on any atom is -0.365 e. The van der Waals surface area contributed by atoms with E-state index in [0.29, 0.717) is 16.1 Å². The Kier molecular flexibility index (Phi) is 5.52. The second-order valence-electron chi connectivity index (χ2n) is 6.26. The summed E-state index contributed by atoms with van der Waals surface area (Å²) in [5.74, 6) is -1.31. The van der Waals surface area contributed by atoms with Crippen LogP contribution in [0.4, 0.5) is 10.7 Å². The number of benzene rings is 1. The number of primary amides is 1. The second-order valence-corrected chi connectivity index (χ2v) is 7.36. The maximum absolute atomic E-state index is 12.6. The fourth-order valence-electron chi connectivity index (χ4n) is 3.13. The fraction of sp³-hybridized carbons (Fsp3) is 0.211. The van der Waals surface area contributed by atoms with E-state index in [4.69, 9.17) is 5.73 Å². The lowest BCUT2D eigenvalue weighted by Gasteiger charge is -2.11. The molecule has 0 radical (unpaired) electrons. The van der Waals surface area contributed by atoms with Gasteiger partial charge >= 0.3 is 0 Å². The van der Waals surface area contributed by atoms with Gasteiger partial charge in [-0.3, -0.25) is 19.7 Å². The van der Waals surface area contributed by atoms with Crippen LogP contribution < -0.4 is 11.1 Å². The first kappa shape index (κ1) is 19.3. The van der Waals surface area contributed by atoms with Gasteiger partial charge in [-0.2, -0.15) is 5.26 Å². The van der Waals surface area contributed by atoms with E-state index in [0.717, 1.165) is 36.1 Å². The summed E-state index contributed by atoms with van der Waals surface area (Å²) in [6.45, 7) is 0. The van der Waals surface area contributed by atoms with Gasteiger partial charge in [-0.15, -0.1) is 11.3 Å². The lowest BCUT2D eigenvalue weighted by Crippen LogP contribution is -2.19. The van der Waals surface area contributed by atoms with Crippen molar-refractivity contribution < 1.29 is 14.5 Å². The monoisotopic (exact) mass is 396 g/mol. The van der Waals surface area contributed by atoms with Gasteiger partial charge in [0.05, 0.1) is 10.5 Å². The van der Waals surface area contributed by atoms with Gasteiger partial charge < -0.3 is 11.1 Å². The molecule has 28 heavy (non-hydrogen) atoms. The number of non-ortho nitro benzene ring substituents is 1. The second kappa shape index (κ2) is 8.02. The molecule has 142 valence electrons. The number of hydrogen-bond acceptors (Lipinski definition) is 6. The number of carbonyl (C=O) groups excluding carboxylic acids is 2. The quantitative estimate of drug-likeness (QED) is 0.346. The molecule has 0 spiro atoms. The molecule has 0 saturated carbocycles. The highest BCUT2D eigenvalue weighted by Crippen LogP contribution is 2.38. The highest BCUT2D eigenvalue weighted by Gasteiger charge is 2.25. The van der Waals surface area contributed by atoms with Gasteiger partial charge in [-0.05, 0) is 42.9 Å². The highest BCUT2D eigenvalue weighted by molar-refractivity contribution is 7.17. The Hall–Kier alpha value is -3.51. The molecule has 9 heteroatoms. The smallest absolute Gasteiger partial charge is 0.270 e. The third kappa shape index (κ3) is 3.92. The Morgan fingerprint density at radius 1 is 1.32 bits per heavy atom. The number of nitriles is 1. The van der Waals surface area contributed by atoms with Crippen LogP contribution >= 0.6 is 11.3 Å². The average Bonchev–Trinajstić information content (AvgIpc) is 3.04. The van der Waals surface area contributed by atoms with Gasteiger partial charge in [0.25, 0.3) is 17.5 Å². The van der Waals surface area contributed by atoms with Crippen molar-refractivity contribution in [3.05, 3.63) is 61.5 Å². The Morgan fingerprint density at radius 2 is 2.07 bits per heavy atom. The summed E-state index contributed by atoms with van der Waals surface area (Å²) in [7, 11) is 0. The molecular weight excluding hydrogens is 380 g/mol. The van der Waals surface area contributed by atoms with Crippen molar-refractivity contribution in [2.75, 3.05) is 5.32 Å². The molecule has 1 aromatic heterocycles. The molecule has 8 nitrogen and oxygen atoms in total. The Morgan fingerprint density at radius 3 is 2.75 bits per heavy atom. The number of carbonyl (C=O) groups is 2. The van der Waals surface area contributed by atoms with Crippen molar-refractivity contribution in [2.45, 2.75) is 25.7 Å². The Bertz CT molecular complexity index is 1050. The molecule has 2 aromatic rings. The molecule has 1 aromatic carbocycles. The van der Waals surface area contributed by atoms with Crippen LogP contribution in [-0.2, 0) is 17.6 Å². The SMILES string of the molecule is N#C/C(=C/c1cccc([N+](=O)[O-])c1)C(=O)Nc1sc2c(c1C(N)=O)CCCC2. The third-order valence-electron chi connectivity index (χ3n) is 4.40. The van der Waals surface area contributed by atoms with Crippen molar-refractivity contribution in [2.24, 2.45) is 5.73 Å². The van der Waals surface area contributed by atoms with Gasteiger partial charge in [0.2, 0.25) is 0 Å². The van der Waals surface area contributed by atoms with Crippen molar-refractivity contribution in [3.63, 3.8) is 0 Å². The topological polar surface area (TPSA) is 139 Å². The Labute approximate surface area is 164 Å². The molecule has 0 saturated heterocycles. The van der Waals surface area contributed by atoms with Crippen LogP contribution in [0, 0.1) is 21.4 Å². The van der Waals surface area contributed by atoms with Crippen molar-refractivity contribution >= 4 is 39.9 Å². The molecule has 3 rings (SSSR count). The van der Waals surface area contributed by atoms with E-state index in [9.17, 15) is 25.0 Å². The van der Waals surface area contributed by atoms with Crippen LogP contribution in [0.2, 0.25) is 0 Å². The van der Waals surface area contributed by atoms with Crippen LogP contribution in [0.1, 0.15) is 39.2 Å². The first-order valence-corrected chi connectivity index (χ1v) is 9.34. The molecule has 0 bridgehead atoms. The minimum absolute atomic E-state index is 0.145. The summed E-state index contributed by atoms with van der Waals surface area (Å²) in [5.41, 5.74) is 6.66.